The third kappa shape index (κ3) is 3.10. The molecule has 0 fully saturated rings. The van der Waals surface area contributed by atoms with E-state index in [0.29, 0.717) is 5.69 Å². The maximum atomic E-state index is 13.7. The number of benzene rings is 2. The van der Waals surface area contributed by atoms with Crippen LogP contribution in [0.15, 0.2) is 36.4 Å². The lowest BCUT2D eigenvalue weighted by Gasteiger charge is -2.15. The Morgan fingerprint density at radius 3 is 1.90 bits per heavy atom. The Kier molecular flexibility index (Phi) is 4.68. The first-order valence-electron chi connectivity index (χ1n) is 6.94. The van der Waals surface area contributed by atoms with E-state index in [1.54, 1.807) is 0 Å². The van der Waals surface area contributed by atoms with Gasteiger partial charge in [-0.2, -0.15) is 0 Å². The van der Waals surface area contributed by atoms with Crippen molar-refractivity contribution in [3.05, 3.63) is 64.7 Å². The monoisotopic (exact) mass is 289 g/mol. The number of carbonyl (C=O) groups is 1. The summed E-state index contributed by atoms with van der Waals surface area (Å²) in [6.45, 7) is 3.93. The zero-order chi connectivity index (χ0) is 15.4. The van der Waals surface area contributed by atoms with Crippen LogP contribution in [0.2, 0.25) is 0 Å². The van der Waals surface area contributed by atoms with Gasteiger partial charge in [0.25, 0.3) is 5.91 Å². The average molecular weight is 289 g/mol. The quantitative estimate of drug-likeness (QED) is 0.891. The van der Waals surface area contributed by atoms with Crippen LogP contribution < -0.4 is 5.32 Å². The van der Waals surface area contributed by atoms with Crippen LogP contribution in [-0.2, 0) is 12.8 Å². The van der Waals surface area contributed by atoms with E-state index in [-0.39, 0.29) is 0 Å². The molecule has 0 unspecified atom stereocenters. The molecule has 0 atom stereocenters. The minimum absolute atomic E-state index is 0.551. The molecule has 0 saturated carbocycles. The van der Waals surface area contributed by atoms with Gasteiger partial charge in [0.1, 0.15) is 17.2 Å². The van der Waals surface area contributed by atoms with E-state index in [4.69, 9.17) is 0 Å². The molecule has 0 aromatic heterocycles. The van der Waals surface area contributed by atoms with Gasteiger partial charge < -0.3 is 5.32 Å². The van der Waals surface area contributed by atoms with Crippen molar-refractivity contribution in [3.8, 4) is 0 Å². The fraction of sp³-hybridized carbons (Fsp3) is 0.235. The molecule has 2 nitrogen and oxygen atoms in total. The summed E-state index contributed by atoms with van der Waals surface area (Å²) in [6, 6.07) is 9.09. The topological polar surface area (TPSA) is 29.1 Å². The Morgan fingerprint density at radius 1 is 0.952 bits per heavy atom. The molecule has 1 N–H and O–H groups in total. The summed E-state index contributed by atoms with van der Waals surface area (Å²) in [4.78, 5) is 12.2. The number of halogens is 2. The second-order valence-electron chi connectivity index (χ2n) is 4.71. The van der Waals surface area contributed by atoms with E-state index < -0.39 is 23.1 Å². The number of rotatable bonds is 4. The van der Waals surface area contributed by atoms with E-state index >= 15 is 0 Å². The van der Waals surface area contributed by atoms with Gasteiger partial charge in [-0.05, 0) is 36.1 Å². The van der Waals surface area contributed by atoms with Gasteiger partial charge in [0.2, 0.25) is 0 Å². The summed E-state index contributed by atoms with van der Waals surface area (Å²) in [7, 11) is 0. The first-order chi connectivity index (χ1) is 10.1. The first-order valence-corrected chi connectivity index (χ1v) is 6.94. The molecule has 0 radical (unpaired) electrons. The minimum Gasteiger partial charge on any atom is -0.321 e. The van der Waals surface area contributed by atoms with Gasteiger partial charge in [0.15, 0.2) is 0 Å². The van der Waals surface area contributed by atoms with E-state index in [2.05, 4.69) is 5.32 Å². The Bertz CT molecular complexity index is 625. The Hall–Kier alpha value is -2.23. The fourth-order valence-electron chi connectivity index (χ4n) is 2.29. The maximum absolute atomic E-state index is 13.7. The molecule has 4 heteroatoms. The van der Waals surface area contributed by atoms with Crippen molar-refractivity contribution in [2.24, 2.45) is 0 Å². The van der Waals surface area contributed by atoms with Crippen LogP contribution in [0.3, 0.4) is 0 Å². The van der Waals surface area contributed by atoms with Gasteiger partial charge in [-0.25, -0.2) is 8.78 Å². The summed E-state index contributed by atoms with van der Waals surface area (Å²) in [5.74, 6) is -2.49. The zero-order valence-electron chi connectivity index (χ0n) is 12.0. The Labute approximate surface area is 122 Å². The SMILES string of the molecule is CCc1cccc(CC)c1NC(=O)c1c(F)cccc1F. The normalized spacial score (nSPS) is 10.5. The highest BCUT2D eigenvalue weighted by atomic mass is 19.1. The standard InChI is InChI=1S/C17H17F2NO/c1-3-11-7-5-8-12(4-2)16(11)20-17(21)15-13(18)9-6-10-14(15)19/h5-10H,3-4H2,1-2H3,(H,20,21). The predicted octanol–water partition coefficient (Wildman–Crippen LogP) is 4.34. The summed E-state index contributed by atoms with van der Waals surface area (Å²) >= 11 is 0. The molecular formula is C17H17F2NO. The van der Waals surface area contributed by atoms with Gasteiger partial charge in [0.05, 0.1) is 0 Å². The molecule has 110 valence electrons. The van der Waals surface area contributed by atoms with Crippen LogP contribution in [0.5, 0.6) is 0 Å². The zero-order valence-corrected chi connectivity index (χ0v) is 12.0. The van der Waals surface area contributed by atoms with Crippen LogP contribution in [0, 0.1) is 11.6 Å². The smallest absolute Gasteiger partial charge is 0.261 e. The number of carbonyl (C=O) groups excluding carboxylic acids is 1. The minimum atomic E-state index is -0.862. The lowest BCUT2D eigenvalue weighted by Crippen LogP contribution is -2.18. The highest BCUT2D eigenvalue weighted by molar-refractivity contribution is 6.05. The third-order valence-corrected chi connectivity index (χ3v) is 3.43. The number of anilines is 1. The largest absolute Gasteiger partial charge is 0.321 e. The van der Waals surface area contributed by atoms with Crippen molar-refractivity contribution in [2.45, 2.75) is 26.7 Å². The van der Waals surface area contributed by atoms with Gasteiger partial charge in [-0.3, -0.25) is 4.79 Å². The predicted molar refractivity (Wildman–Crippen MR) is 79.5 cm³/mol. The van der Waals surface area contributed by atoms with E-state index in [1.807, 2.05) is 32.0 Å². The van der Waals surface area contributed by atoms with Gasteiger partial charge in [-0.15, -0.1) is 0 Å². The molecule has 2 aromatic carbocycles. The Morgan fingerprint density at radius 2 is 1.43 bits per heavy atom. The molecule has 0 aliphatic carbocycles. The van der Waals surface area contributed by atoms with Crippen molar-refractivity contribution in [1.82, 2.24) is 0 Å². The molecule has 0 aliphatic heterocycles. The number of hydrogen-bond acceptors (Lipinski definition) is 1. The van der Waals surface area contributed by atoms with Crippen LogP contribution in [0.25, 0.3) is 0 Å². The van der Waals surface area contributed by atoms with E-state index in [0.717, 1.165) is 36.1 Å². The second-order valence-corrected chi connectivity index (χ2v) is 4.71. The first kappa shape index (κ1) is 15.2. The number of aryl methyl sites for hydroxylation is 2. The van der Waals surface area contributed by atoms with Crippen molar-refractivity contribution in [1.29, 1.82) is 0 Å². The van der Waals surface area contributed by atoms with Crippen LogP contribution in [0.1, 0.15) is 35.3 Å². The maximum Gasteiger partial charge on any atom is 0.261 e. The molecular weight excluding hydrogens is 272 g/mol. The van der Waals surface area contributed by atoms with Crippen LogP contribution >= 0.6 is 0 Å². The molecule has 0 aliphatic rings. The highest BCUT2D eigenvalue weighted by Crippen LogP contribution is 2.24. The van der Waals surface area contributed by atoms with Gasteiger partial charge in [-0.1, -0.05) is 38.1 Å². The lowest BCUT2D eigenvalue weighted by atomic mass is 10.0. The molecule has 0 saturated heterocycles. The van der Waals surface area contributed by atoms with E-state index in [1.165, 1.54) is 6.07 Å². The second kappa shape index (κ2) is 6.48. The fourth-order valence-corrected chi connectivity index (χ4v) is 2.29. The Balaban J connectivity index is 2.40. The molecule has 1 amide bonds. The molecule has 0 heterocycles. The highest BCUT2D eigenvalue weighted by Gasteiger charge is 2.19. The van der Waals surface area contributed by atoms with Crippen molar-refractivity contribution < 1.29 is 13.6 Å². The lowest BCUT2D eigenvalue weighted by molar-refractivity contribution is 0.101. The van der Waals surface area contributed by atoms with Crippen LogP contribution in [-0.4, -0.2) is 5.91 Å². The van der Waals surface area contributed by atoms with Gasteiger partial charge >= 0.3 is 0 Å². The summed E-state index contributed by atoms with van der Waals surface area (Å²) in [6.07, 6.45) is 1.45. The molecule has 21 heavy (non-hydrogen) atoms. The summed E-state index contributed by atoms with van der Waals surface area (Å²) in [5, 5.41) is 2.66. The number of amides is 1. The average Bonchev–Trinajstić information content (AvgIpc) is 2.47. The van der Waals surface area contributed by atoms with Crippen molar-refractivity contribution in [3.63, 3.8) is 0 Å². The summed E-state index contributed by atoms with van der Waals surface area (Å²) < 4.78 is 27.3. The molecule has 0 bridgehead atoms. The van der Waals surface area contributed by atoms with Crippen molar-refractivity contribution >= 4 is 11.6 Å². The number of para-hydroxylation sites is 1. The molecule has 2 aromatic rings. The number of hydrogen-bond donors (Lipinski definition) is 1. The van der Waals surface area contributed by atoms with E-state index in [9.17, 15) is 13.6 Å². The molecule has 0 spiro atoms. The molecule has 2 rings (SSSR count). The number of nitrogens with one attached hydrogen (secondary N) is 1. The van der Waals surface area contributed by atoms with Gasteiger partial charge in [0, 0.05) is 5.69 Å². The third-order valence-electron chi connectivity index (χ3n) is 3.43. The van der Waals surface area contributed by atoms with Crippen LogP contribution in [0.4, 0.5) is 14.5 Å². The van der Waals surface area contributed by atoms with Crippen molar-refractivity contribution in [2.75, 3.05) is 5.32 Å². The summed E-state index contributed by atoms with van der Waals surface area (Å²) in [5.41, 5.74) is 1.99.